The lowest BCUT2D eigenvalue weighted by atomic mass is 10.1. The Morgan fingerprint density at radius 3 is 2.59 bits per heavy atom. The number of nitrogens with one attached hydrogen (secondary N) is 2. The predicted octanol–water partition coefficient (Wildman–Crippen LogP) is 1.24. The van der Waals surface area contributed by atoms with Crippen LogP contribution >= 0.6 is 11.3 Å². The van der Waals surface area contributed by atoms with Gasteiger partial charge in [0.05, 0.1) is 5.69 Å². The van der Waals surface area contributed by atoms with E-state index in [-0.39, 0.29) is 0 Å². The first kappa shape index (κ1) is 11.7. The molecule has 6 heteroatoms. The number of nitriles is 2. The Kier molecular flexibility index (Phi) is 3.48. The van der Waals surface area contributed by atoms with Gasteiger partial charge >= 0.3 is 0 Å². The SMILES string of the molecule is N#Cc1sc(NC2CCNCC2)c(C#N)c1N. The fraction of sp³-hybridized carbons (Fsp3) is 0.455. The maximum absolute atomic E-state index is 9.05. The summed E-state index contributed by atoms with van der Waals surface area (Å²) < 4.78 is 0. The lowest BCUT2D eigenvalue weighted by Crippen LogP contribution is -2.35. The van der Waals surface area contributed by atoms with Crippen LogP contribution in [-0.2, 0) is 0 Å². The van der Waals surface area contributed by atoms with Crippen LogP contribution < -0.4 is 16.4 Å². The van der Waals surface area contributed by atoms with Crippen molar-refractivity contribution < 1.29 is 0 Å². The minimum absolute atomic E-state index is 0.302. The van der Waals surface area contributed by atoms with Crippen molar-refractivity contribution >= 4 is 22.0 Å². The third kappa shape index (κ3) is 2.33. The Hall–Kier alpha value is -1.76. The molecule has 2 heterocycles. The summed E-state index contributed by atoms with van der Waals surface area (Å²) in [5, 5.41) is 25.3. The van der Waals surface area contributed by atoms with Crippen LogP contribution in [0.2, 0.25) is 0 Å². The third-order valence-corrected chi connectivity index (χ3v) is 3.87. The second-order valence-electron chi connectivity index (χ2n) is 3.94. The molecule has 1 fully saturated rings. The number of rotatable bonds is 2. The Bertz CT molecular complexity index is 487. The van der Waals surface area contributed by atoms with E-state index < -0.39 is 0 Å². The molecule has 0 atom stereocenters. The van der Waals surface area contributed by atoms with Gasteiger partial charge < -0.3 is 16.4 Å². The molecule has 1 aliphatic heterocycles. The summed E-state index contributed by atoms with van der Waals surface area (Å²) in [4.78, 5) is 0.415. The second kappa shape index (κ2) is 5.05. The van der Waals surface area contributed by atoms with Gasteiger partial charge in [-0.1, -0.05) is 0 Å². The van der Waals surface area contributed by atoms with Crippen molar-refractivity contribution in [3.63, 3.8) is 0 Å². The maximum atomic E-state index is 9.05. The molecular weight excluding hydrogens is 234 g/mol. The standard InChI is InChI=1S/C11H13N5S/c12-5-8-10(14)9(6-13)17-11(8)16-7-1-3-15-4-2-7/h7,15-16H,1-4,14H2. The van der Waals surface area contributed by atoms with Crippen molar-refractivity contribution in [1.82, 2.24) is 5.32 Å². The number of piperidine rings is 1. The van der Waals surface area contributed by atoms with E-state index >= 15 is 0 Å². The summed E-state index contributed by atoms with van der Waals surface area (Å²) in [5.74, 6) is 0. The zero-order valence-electron chi connectivity index (χ0n) is 9.29. The molecule has 1 aromatic heterocycles. The fourth-order valence-electron chi connectivity index (χ4n) is 1.89. The van der Waals surface area contributed by atoms with Crippen molar-refractivity contribution in [2.24, 2.45) is 0 Å². The van der Waals surface area contributed by atoms with Gasteiger partial charge in [0.1, 0.15) is 27.6 Å². The largest absolute Gasteiger partial charge is 0.396 e. The quantitative estimate of drug-likeness (QED) is 0.730. The van der Waals surface area contributed by atoms with Crippen LogP contribution in [0.4, 0.5) is 10.7 Å². The van der Waals surface area contributed by atoms with Crippen LogP contribution in [0.5, 0.6) is 0 Å². The number of anilines is 2. The molecule has 1 saturated heterocycles. The molecule has 4 N–H and O–H groups in total. The first-order valence-corrected chi connectivity index (χ1v) is 6.27. The van der Waals surface area contributed by atoms with Crippen LogP contribution in [0.3, 0.4) is 0 Å². The first-order chi connectivity index (χ1) is 8.26. The molecule has 0 radical (unpaired) electrons. The summed E-state index contributed by atoms with van der Waals surface area (Å²) in [7, 11) is 0. The lowest BCUT2D eigenvalue weighted by Gasteiger charge is -2.23. The number of thiophene rings is 1. The monoisotopic (exact) mass is 247 g/mol. The summed E-state index contributed by atoms with van der Waals surface area (Å²) in [5.41, 5.74) is 6.45. The van der Waals surface area contributed by atoms with E-state index in [1.54, 1.807) is 0 Å². The molecule has 0 spiro atoms. The van der Waals surface area contributed by atoms with Crippen molar-refractivity contribution in [3.05, 3.63) is 10.4 Å². The van der Waals surface area contributed by atoms with Gasteiger partial charge in [0.25, 0.3) is 0 Å². The van der Waals surface area contributed by atoms with Gasteiger partial charge in [0.2, 0.25) is 0 Å². The normalized spacial score (nSPS) is 16.1. The van der Waals surface area contributed by atoms with Crippen molar-refractivity contribution in [2.45, 2.75) is 18.9 Å². The average molecular weight is 247 g/mol. The zero-order chi connectivity index (χ0) is 12.3. The van der Waals surface area contributed by atoms with E-state index in [1.807, 2.05) is 6.07 Å². The van der Waals surface area contributed by atoms with E-state index in [0.717, 1.165) is 30.9 Å². The molecule has 0 saturated carbocycles. The highest BCUT2D eigenvalue weighted by atomic mass is 32.1. The minimum Gasteiger partial charge on any atom is -0.396 e. The molecule has 0 aromatic carbocycles. The molecule has 0 bridgehead atoms. The van der Waals surface area contributed by atoms with Crippen LogP contribution in [0, 0.1) is 22.7 Å². The maximum Gasteiger partial charge on any atom is 0.131 e. The predicted molar refractivity (Wildman–Crippen MR) is 67.7 cm³/mol. The minimum atomic E-state index is 0.302. The third-order valence-electron chi connectivity index (χ3n) is 2.83. The van der Waals surface area contributed by atoms with Gasteiger partial charge in [-0.15, -0.1) is 11.3 Å². The van der Waals surface area contributed by atoms with Crippen LogP contribution in [-0.4, -0.2) is 19.1 Å². The van der Waals surface area contributed by atoms with Gasteiger partial charge in [-0.05, 0) is 25.9 Å². The van der Waals surface area contributed by atoms with Crippen LogP contribution in [0.25, 0.3) is 0 Å². The van der Waals surface area contributed by atoms with Crippen molar-refractivity contribution in [1.29, 1.82) is 10.5 Å². The number of nitrogen functional groups attached to an aromatic ring is 1. The molecule has 0 aliphatic carbocycles. The fourth-order valence-corrected chi connectivity index (χ4v) is 2.84. The molecule has 1 aromatic rings. The molecule has 88 valence electrons. The van der Waals surface area contributed by atoms with Gasteiger partial charge in [-0.25, -0.2) is 0 Å². The molecule has 1 aliphatic rings. The Morgan fingerprint density at radius 2 is 2.00 bits per heavy atom. The van der Waals surface area contributed by atoms with Gasteiger partial charge in [0, 0.05) is 6.04 Å². The smallest absolute Gasteiger partial charge is 0.131 e. The molecule has 5 nitrogen and oxygen atoms in total. The summed E-state index contributed by atoms with van der Waals surface area (Å²) in [6.07, 6.45) is 2.04. The van der Waals surface area contributed by atoms with E-state index in [0.29, 0.717) is 22.2 Å². The second-order valence-corrected chi connectivity index (χ2v) is 4.96. The lowest BCUT2D eigenvalue weighted by molar-refractivity contribution is 0.480. The number of nitrogens with zero attached hydrogens (tertiary/aromatic N) is 2. The molecule has 2 rings (SSSR count). The van der Waals surface area contributed by atoms with Gasteiger partial charge in [-0.3, -0.25) is 0 Å². The van der Waals surface area contributed by atoms with Crippen LogP contribution in [0.15, 0.2) is 0 Å². The Labute approximate surface area is 104 Å². The topological polar surface area (TPSA) is 97.7 Å². The Balaban J connectivity index is 2.21. The van der Waals surface area contributed by atoms with Crippen LogP contribution in [0.1, 0.15) is 23.3 Å². The summed E-state index contributed by atoms with van der Waals surface area (Å²) >= 11 is 1.26. The van der Waals surface area contributed by atoms with Crippen molar-refractivity contribution in [3.8, 4) is 12.1 Å². The highest BCUT2D eigenvalue weighted by molar-refractivity contribution is 7.17. The van der Waals surface area contributed by atoms with E-state index in [2.05, 4.69) is 16.7 Å². The molecular formula is C11H13N5S. The highest BCUT2D eigenvalue weighted by Crippen LogP contribution is 2.35. The molecule has 0 amide bonds. The Morgan fingerprint density at radius 1 is 1.29 bits per heavy atom. The van der Waals surface area contributed by atoms with Gasteiger partial charge in [-0.2, -0.15) is 10.5 Å². The number of hydrogen-bond donors (Lipinski definition) is 3. The first-order valence-electron chi connectivity index (χ1n) is 5.46. The number of nitrogens with two attached hydrogens (primary N) is 1. The van der Waals surface area contributed by atoms with E-state index in [1.165, 1.54) is 11.3 Å². The summed E-state index contributed by atoms with van der Waals surface area (Å²) in [6, 6.07) is 4.44. The van der Waals surface area contributed by atoms with E-state index in [9.17, 15) is 0 Å². The van der Waals surface area contributed by atoms with E-state index in [4.69, 9.17) is 16.3 Å². The zero-order valence-corrected chi connectivity index (χ0v) is 10.1. The molecule has 0 unspecified atom stereocenters. The number of hydrogen-bond acceptors (Lipinski definition) is 6. The van der Waals surface area contributed by atoms with Crippen molar-refractivity contribution in [2.75, 3.05) is 24.1 Å². The highest BCUT2D eigenvalue weighted by Gasteiger charge is 2.19. The van der Waals surface area contributed by atoms with Gasteiger partial charge in [0.15, 0.2) is 0 Å². The average Bonchev–Trinajstić information content (AvgIpc) is 2.66. The molecule has 17 heavy (non-hydrogen) atoms. The summed E-state index contributed by atoms with van der Waals surface area (Å²) in [6.45, 7) is 1.96.